The van der Waals surface area contributed by atoms with Crippen LogP contribution in [-0.4, -0.2) is 11.5 Å². The van der Waals surface area contributed by atoms with Crippen molar-refractivity contribution in [2.24, 2.45) is 5.41 Å². The summed E-state index contributed by atoms with van der Waals surface area (Å²) in [6.45, 7) is 5.66. The molecular formula is C13H16N2O3. The molecular weight excluding hydrogens is 232 g/mol. The third-order valence-corrected chi connectivity index (χ3v) is 2.66. The van der Waals surface area contributed by atoms with Crippen LogP contribution in [0.1, 0.15) is 25.8 Å². The summed E-state index contributed by atoms with van der Waals surface area (Å²) in [6.07, 6.45) is 0.523. The molecule has 0 spiro atoms. The fourth-order valence-corrected chi connectivity index (χ4v) is 1.43. The van der Waals surface area contributed by atoms with Crippen molar-refractivity contribution < 1.29 is 9.66 Å². The summed E-state index contributed by atoms with van der Waals surface area (Å²) in [5.41, 5.74) is 0.195. The van der Waals surface area contributed by atoms with E-state index in [1.807, 2.05) is 13.8 Å². The van der Waals surface area contributed by atoms with Gasteiger partial charge in [-0.05, 0) is 32.8 Å². The summed E-state index contributed by atoms with van der Waals surface area (Å²) < 4.78 is 5.47. The molecule has 18 heavy (non-hydrogen) atoms. The van der Waals surface area contributed by atoms with Crippen molar-refractivity contribution in [2.45, 2.75) is 27.2 Å². The van der Waals surface area contributed by atoms with Crippen LogP contribution < -0.4 is 4.74 Å². The summed E-state index contributed by atoms with van der Waals surface area (Å²) in [7, 11) is 0. The highest BCUT2D eigenvalue weighted by molar-refractivity contribution is 5.51. The molecule has 0 N–H and O–H groups in total. The average Bonchev–Trinajstić information content (AvgIpc) is 2.30. The molecule has 0 aliphatic heterocycles. The molecule has 96 valence electrons. The second-order valence-corrected chi connectivity index (χ2v) is 4.77. The lowest BCUT2D eigenvalue weighted by Crippen LogP contribution is -2.13. The fourth-order valence-electron chi connectivity index (χ4n) is 1.43. The number of nitro groups is 1. The van der Waals surface area contributed by atoms with Crippen LogP contribution in [0.5, 0.6) is 5.75 Å². The largest absolute Gasteiger partial charge is 0.487 e. The molecule has 0 aliphatic carbocycles. The number of nitro benzene ring substituents is 1. The second kappa shape index (κ2) is 5.50. The minimum absolute atomic E-state index is 0.0373. The molecule has 0 aromatic heterocycles. The lowest BCUT2D eigenvalue weighted by atomic mass is 9.92. The van der Waals surface area contributed by atoms with Crippen LogP contribution in [0.25, 0.3) is 0 Å². The maximum Gasteiger partial charge on any atom is 0.311 e. The number of aryl methyl sites for hydroxylation is 1. The molecule has 0 amide bonds. The SMILES string of the molecule is Cc1cccc([N+](=O)[O-])c1OCCC(C)(C)C#N. The highest BCUT2D eigenvalue weighted by Gasteiger charge is 2.20. The third-order valence-electron chi connectivity index (χ3n) is 2.66. The van der Waals surface area contributed by atoms with E-state index < -0.39 is 10.3 Å². The summed E-state index contributed by atoms with van der Waals surface area (Å²) in [6, 6.07) is 6.97. The van der Waals surface area contributed by atoms with Crippen LogP contribution in [0, 0.1) is 33.8 Å². The molecule has 0 fully saturated rings. The quantitative estimate of drug-likeness (QED) is 0.592. The third kappa shape index (κ3) is 3.45. The zero-order chi connectivity index (χ0) is 13.8. The Morgan fingerprint density at radius 1 is 1.50 bits per heavy atom. The van der Waals surface area contributed by atoms with Gasteiger partial charge >= 0.3 is 5.69 Å². The highest BCUT2D eigenvalue weighted by atomic mass is 16.6. The number of para-hydroxylation sites is 1. The standard InChI is InChI=1S/C13H16N2O3/c1-10-5-4-6-11(15(16)17)12(10)18-8-7-13(2,3)9-14/h4-6H,7-8H2,1-3H3. The molecule has 1 aromatic carbocycles. The Labute approximate surface area is 106 Å². The van der Waals surface area contributed by atoms with Crippen LogP contribution in [0.2, 0.25) is 0 Å². The van der Waals surface area contributed by atoms with Gasteiger partial charge in [0.2, 0.25) is 0 Å². The molecule has 0 aliphatic rings. The summed E-state index contributed by atoms with van der Waals surface area (Å²) in [5.74, 6) is 0.288. The van der Waals surface area contributed by atoms with E-state index in [1.165, 1.54) is 6.07 Å². The molecule has 0 radical (unpaired) electrons. The van der Waals surface area contributed by atoms with E-state index in [9.17, 15) is 10.1 Å². The Morgan fingerprint density at radius 2 is 2.17 bits per heavy atom. The zero-order valence-electron chi connectivity index (χ0n) is 10.8. The van der Waals surface area contributed by atoms with Crippen LogP contribution in [0.3, 0.4) is 0 Å². The minimum Gasteiger partial charge on any atom is -0.487 e. The van der Waals surface area contributed by atoms with Gasteiger partial charge in [-0.15, -0.1) is 0 Å². The van der Waals surface area contributed by atoms with Crippen LogP contribution >= 0.6 is 0 Å². The van der Waals surface area contributed by atoms with Gasteiger partial charge in [-0.1, -0.05) is 12.1 Å². The molecule has 0 unspecified atom stereocenters. The van der Waals surface area contributed by atoms with Crippen molar-refractivity contribution >= 4 is 5.69 Å². The predicted molar refractivity (Wildman–Crippen MR) is 67.3 cm³/mol. The van der Waals surface area contributed by atoms with Crippen LogP contribution in [-0.2, 0) is 0 Å². The average molecular weight is 248 g/mol. The van der Waals surface area contributed by atoms with Gasteiger partial charge in [-0.25, -0.2) is 0 Å². The van der Waals surface area contributed by atoms with E-state index in [0.717, 1.165) is 5.56 Å². The van der Waals surface area contributed by atoms with Gasteiger partial charge < -0.3 is 4.74 Å². The molecule has 1 aromatic rings. The first-order valence-electron chi connectivity index (χ1n) is 5.65. The minimum atomic E-state index is -0.489. The number of hydrogen-bond donors (Lipinski definition) is 0. The van der Waals surface area contributed by atoms with Gasteiger partial charge in [-0.3, -0.25) is 10.1 Å². The van der Waals surface area contributed by atoms with Crippen molar-refractivity contribution in [3.8, 4) is 11.8 Å². The smallest absolute Gasteiger partial charge is 0.311 e. The Hall–Kier alpha value is -2.09. The van der Waals surface area contributed by atoms with Crippen molar-refractivity contribution in [1.29, 1.82) is 5.26 Å². The maximum atomic E-state index is 10.9. The first-order chi connectivity index (χ1) is 8.37. The normalized spacial score (nSPS) is 10.8. The van der Waals surface area contributed by atoms with E-state index in [2.05, 4.69) is 6.07 Å². The van der Waals surface area contributed by atoms with Crippen LogP contribution in [0.4, 0.5) is 5.69 Å². The summed E-state index contributed by atoms with van der Waals surface area (Å²) >= 11 is 0. The second-order valence-electron chi connectivity index (χ2n) is 4.77. The van der Waals surface area contributed by atoms with E-state index in [4.69, 9.17) is 10.00 Å². The maximum absolute atomic E-state index is 10.9. The lowest BCUT2D eigenvalue weighted by Gasteiger charge is -2.16. The number of rotatable bonds is 5. The van der Waals surface area contributed by atoms with Crippen molar-refractivity contribution in [3.05, 3.63) is 33.9 Å². The van der Waals surface area contributed by atoms with Crippen molar-refractivity contribution in [2.75, 3.05) is 6.61 Å². The molecule has 5 nitrogen and oxygen atoms in total. The highest BCUT2D eigenvalue weighted by Crippen LogP contribution is 2.31. The van der Waals surface area contributed by atoms with Crippen molar-refractivity contribution in [3.63, 3.8) is 0 Å². The number of benzene rings is 1. The monoisotopic (exact) mass is 248 g/mol. The Bertz CT molecular complexity index is 489. The summed E-state index contributed by atoms with van der Waals surface area (Å²) in [5, 5.41) is 19.7. The molecule has 0 bridgehead atoms. The lowest BCUT2D eigenvalue weighted by molar-refractivity contribution is -0.385. The van der Waals surface area contributed by atoms with E-state index in [-0.39, 0.29) is 18.0 Å². The molecule has 1 rings (SSSR count). The van der Waals surface area contributed by atoms with Gasteiger partial charge in [0.05, 0.1) is 23.0 Å². The zero-order valence-corrected chi connectivity index (χ0v) is 10.8. The number of nitrogens with zero attached hydrogens (tertiary/aromatic N) is 2. The molecule has 0 saturated heterocycles. The van der Waals surface area contributed by atoms with Crippen LogP contribution in [0.15, 0.2) is 18.2 Å². The topological polar surface area (TPSA) is 76.2 Å². The number of hydrogen-bond acceptors (Lipinski definition) is 4. The Kier molecular flexibility index (Phi) is 4.27. The first-order valence-corrected chi connectivity index (χ1v) is 5.65. The van der Waals surface area contributed by atoms with Crippen molar-refractivity contribution in [1.82, 2.24) is 0 Å². The molecule has 0 atom stereocenters. The summed E-state index contributed by atoms with van der Waals surface area (Å²) in [4.78, 5) is 10.4. The fraction of sp³-hybridized carbons (Fsp3) is 0.462. The molecule has 5 heteroatoms. The molecule has 0 heterocycles. The van der Waals surface area contributed by atoms with Gasteiger partial charge in [0.1, 0.15) is 0 Å². The predicted octanol–water partition coefficient (Wildman–Crippen LogP) is 3.22. The van der Waals surface area contributed by atoms with E-state index >= 15 is 0 Å². The van der Waals surface area contributed by atoms with Gasteiger partial charge in [0, 0.05) is 6.07 Å². The molecule has 0 saturated carbocycles. The van der Waals surface area contributed by atoms with E-state index in [1.54, 1.807) is 19.1 Å². The Morgan fingerprint density at radius 3 is 2.72 bits per heavy atom. The van der Waals surface area contributed by atoms with Gasteiger partial charge in [0.15, 0.2) is 5.75 Å². The number of nitriles is 1. The first kappa shape index (κ1) is 14.0. The van der Waals surface area contributed by atoms with Gasteiger partial charge in [0.25, 0.3) is 0 Å². The van der Waals surface area contributed by atoms with E-state index in [0.29, 0.717) is 6.42 Å². The Balaban J connectivity index is 2.80. The van der Waals surface area contributed by atoms with Gasteiger partial charge in [-0.2, -0.15) is 5.26 Å². The number of ether oxygens (including phenoxy) is 1.